The van der Waals surface area contributed by atoms with Crippen LogP contribution in [0.1, 0.15) is 116 Å². The molecule has 0 N–H and O–H groups in total. The molecular formula is C76H70N8RuS6. The van der Waals surface area contributed by atoms with Crippen molar-refractivity contribution in [3.05, 3.63) is 215 Å². The zero-order valence-corrected chi connectivity index (χ0v) is 60.2. The van der Waals surface area contributed by atoms with Crippen molar-refractivity contribution >= 4 is 143 Å². The van der Waals surface area contributed by atoms with E-state index in [1.54, 1.807) is 0 Å². The zero-order chi connectivity index (χ0) is 64.2. The van der Waals surface area contributed by atoms with Gasteiger partial charge in [-0.3, -0.25) is 19.9 Å². The summed E-state index contributed by atoms with van der Waals surface area (Å²) in [6.45, 7) is 31.7. The Bertz CT molecular complexity index is 4580. The summed E-state index contributed by atoms with van der Waals surface area (Å²) in [6.07, 6.45) is 7.49. The molecule has 15 heteroatoms. The second-order valence-electron chi connectivity index (χ2n) is 26.9. The monoisotopic (exact) mass is 1390 g/mol. The van der Waals surface area contributed by atoms with Gasteiger partial charge in [-0.1, -0.05) is 132 Å². The Morgan fingerprint density at radius 3 is 0.879 bits per heavy atom. The summed E-state index contributed by atoms with van der Waals surface area (Å²) >= 11 is 14.8. The number of thiophene rings is 4. The van der Waals surface area contributed by atoms with Crippen LogP contribution >= 0.6 is 69.8 Å². The molecule has 10 aromatic heterocycles. The van der Waals surface area contributed by atoms with Gasteiger partial charge in [0.1, 0.15) is 10.0 Å². The van der Waals surface area contributed by atoms with E-state index >= 15 is 0 Å². The fourth-order valence-corrected chi connectivity index (χ4v) is 16.2. The number of nitrogens with zero attached hydrogens (tertiary/aromatic N) is 8. The number of hydrogen-bond acceptors (Lipinski definition) is 10. The Labute approximate surface area is 572 Å². The van der Waals surface area contributed by atoms with Crippen molar-refractivity contribution in [1.29, 1.82) is 0 Å². The quantitative estimate of drug-likeness (QED) is 0.0933. The third kappa shape index (κ3) is 13.9. The van der Waals surface area contributed by atoms with Crippen LogP contribution in [0.2, 0.25) is 0 Å². The minimum atomic E-state index is 0. The first kappa shape index (κ1) is 66.5. The van der Waals surface area contributed by atoms with E-state index in [4.69, 9.17) is 20.8 Å². The van der Waals surface area contributed by atoms with Crippen molar-refractivity contribution < 1.29 is 19.5 Å². The number of fused-ring (bicyclic) bond motifs is 8. The van der Waals surface area contributed by atoms with Crippen molar-refractivity contribution in [2.75, 3.05) is 0 Å². The number of rotatable bonds is 6. The standard InChI is InChI=1S/C62H58N4S4.C12H12N2.2CNS.Ru/c1-59(2,3)37-13-17-47-41(27-37)42-28-38(60(4,5)6)14-18-48(42)65(47)57-33-55-53(69-57)31-51(67-55)35-21-23-63-45(25-35)46-26-36(22-24-64-46)52-32-54-56(68-52)34-58(70-54)66-49-19-15-39(61(7,8)9)29-43(49)44-30-40(62(10,11)12)16-20-50(44)66;1-9-3-5-13-11(7-9)12-8-10(2)4-6-14-12;2*2-1-3;/h13-34H,1-12H3;3-8H,1-2H3;;;/q;;2*-1;+2. The second-order valence-corrected chi connectivity index (χ2v) is 31.6. The van der Waals surface area contributed by atoms with Gasteiger partial charge < -0.3 is 20.0 Å². The molecule has 0 atom stereocenters. The molecule has 8 nitrogen and oxygen atoms in total. The first-order valence-corrected chi connectivity index (χ1v) is 33.9. The Morgan fingerprint density at radius 2 is 0.615 bits per heavy atom. The molecule has 0 aliphatic rings. The Morgan fingerprint density at radius 1 is 0.352 bits per heavy atom. The Kier molecular flexibility index (Phi) is 19.2. The van der Waals surface area contributed by atoms with Crippen LogP contribution in [0, 0.1) is 13.8 Å². The first-order valence-electron chi connectivity index (χ1n) is 29.8. The van der Waals surface area contributed by atoms with Gasteiger partial charge >= 0.3 is 19.5 Å². The first-order chi connectivity index (χ1) is 42.7. The molecule has 458 valence electrons. The zero-order valence-electron chi connectivity index (χ0n) is 53.5. The van der Waals surface area contributed by atoms with Crippen molar-refractivity contribution in [1.82, 2.24) is 29.1 Å². The van der Waals surface area contributed by atoms with Gasteiger partial charge in [-0.05, 0) is 201 Å². The summed E-state index contributed by atoms with van der Waals surface area (Å²) in [6, 6.07) is 54.5. The number of isothiocyanates is 2. The molecule has 0 amide bonds. The average molecular weight is 1390 g/mol. The molecule has 14 aromatic rings. The summed E-state index contributed by atoms with van der Waals surface area (Å²) < 4.78 is 10.1. The van der Waals surface area contributed by atoms with E-state index in [1.807, 2.05) is 94.4 Å². The summed E-state index contributed by atoms with van der Waals surface area (Å²) in [5.74, 6) is 0. The van der Waals surface area contributed by atoms with E-state index in [0.717, 1.165) is 33.9 Å². The van der Waals surface area contributed by atoms with Gasteiger partial charge in [0.25, 0.3) is 0 Å². The van der Waals surface area contributed by atoms with E-state index in [1.165, 1.54) is 126 Å². The summed E-state index contributed by atoms with van der Waals surface area (Å²) in [7, 11) is 0. The molecule has 0 unspecified atom stereocenters. The molecular weight excluding hydrogens is 1320 g/mol. The van der Waals surface area contributed by atoms with E-state index in [-0.39, 0.29) is 41.1 Å². The fraction of sp³-hybridized carbons (Fsp3) is 0.237. The number of pyridine rings is 4. The topological polar surface area (TPSA) is 106 Å². The van der Waals surface area contributed by atoms with Crippen LogP contribution in [0.25, 0.3) is 127 Å². The van der Waals surface area contributed by atoms with Gasteiger partial charge in [-0.15, -0.1) is 45.3 Å². The molecule has 0 fully saturated rings. The number of aryl methyl sites for hydroxylation is 2. The fourth-order valence-electron chi connectivity index (χ4n) is 11.3. The largest absolute Gasteiger partial charge is 2.00 e. The van der Waals surface area contributed by atoms with Gasteiger partial charge in [0.2, 0.25) is 0 Å². The van der Waals surface area contributed by atoms with Gasteiger partial charge in [0.05, 0.1) is 44.8 Å². The predicted octanol–water partition coefficient (Wildman–Crippen LogP) is 23.5. The molecule has 0 aliphatic carbocycles. The van der Waals surface area contributed by atoms with Crippen LogP contribution in [0.5, 0.6) is 0 Å². The van der Waals surface area contributed by atoms with Crippen molar-refractivity contribution in [2.45, 2.75) is 119 Å². The molecule has 0 spiro atoms. The third-order valence-electron chi connectivity index (χ3n) is 16.3. The SMILES string of the molecule is CC(C)(C)c1ccc2c(c1)c1cc(C(C)(C)C)ccc1n2-c1cc2sc(-c3ccnc(-c4cc(-c5cc6sc(-n7c8ccc(C(C)(C)C)cc8c8cc(C(C)(C)C)ccc87)cc6s5)ccn4)c3)cc2s1.Cc1ccnc(-c2cc(C)ccn2)c1.[N-]=C=S.[N-]=C=S.[Ru+2]. The van der Waals surface area contributed by atoms with E-state index in [9.17, 15) is 0 Å². The maximum atomic E-state index is 7.13. The minimum absolute atomic E-state index is 0. The molecule has 14 rings (SSSR count). The van der Waals surface area contributed by atoms with E-state index in [2.05, 4.69) is 262 Å². The van der Waals surface area contributed by atoms with E-state index < -0.39 is 0 Å². The maximum absolute atomic E-state index is 7.13. The van der Waals surface area contributed by atoms with Gasteiger partial charge in [-0.2, -0.15) is 10.3 Å². The summed E-state index contributed by atoms with van der Waals surface area (Å²) in [5.41, 5.74) is 19.1. The van der Waals surface area contributed by atoms with Crippen molar-refractivity contribution in [2.24, 2.45) is 0 Å². The van der Waals surface area contributed by atoms with Crippen molar-refractivity contribution in [3.63, 3.8) is 0 Å². The Hall–Kier alpha value is -7.38. The molecule has 0 aliphatic heterocycles. The molecule has 0 saturated heterocycles. The maximum Gasteiger partial charge on any atom is 2.00 e. The number of aromatic nitrogens is 6. The molecule has 10 heterocycles. The molecule has 0 bridgehead atoms. The molecule has 0 saturated carbocycles. The van der Waals surface area contributed by atoms with Crippen LogP contribution in [-0.4, -0.2) is 39.4 Å². The van der Waals surface area contributed by atoms with Crippen LogP contribution in [0.4, 0.5) is 0 Å². The number of hydrogen-bond donors (Lipinski definition) is 0. The molecule has 0 radical (unpaired) electrons. The van der Waals surface area contributed by atoms with Gasteiger partial charge in [0, 0.05) is 74.9 Å². The number of benzene rings is 4. The minimum Gasteiger partial charge on any atom is -0.753 e. The van der Waals surface area contributed by atoms with Crippen LogP contribution in [-0.2, 0) is 41.1 Å². The molecule has 91 heavy (non-hydrogen) atoms. The summed E-state index contributed by atoms with van der Waals surface area (Å²) in [4.78, 5) is 20.8. The van der Waals surface area contributed by atoms with Crippen LogP contribution < -0.4 is 0 Å². The Balaban J connectivity index is 0.000000372. The second kappa shape index (κ2) is 26.3. The van der Waals surface area contributed by atoms with Crippen LogP contribution in [0.3, 0.4) is 0 Å². The molecule has 4 aromatic carbocycles. The van der Waals surface area contributed by atoms with E-state index in [0.29, 0.717) is 0 Å². The predicted molar refractivity (Wildman–Crippen MR) is 397 cm³/mol. The van der Waals surface area contributed by atoms with Gasteiger partial charge in [-0.25, -0.2) is 0 Å². The third-order valence-corrected chi connectivity index (χ3v) is 20.9. The smallest absolute Gasteiger partial charge is 0.753 e. The average Bonchev–Trinajstić information content (AvgIpc) is 1.64. The normalized spacial score (nSPS) is 11.8. The number of thiocarbonyl (C=S) groups is 2. The van der Waals surface area contributed by atoms with Gasteiger partial charge in [0.15, 0.2) is 0 Å². The summed E-state index contributed by atoms with van der Waals surface area (Å²) in [5, 5.41) is 24.7. The van der Waals surface area contributed by atoms with Crippen LogP contribution in [0.15, 0.2) is 170 Å². The van der Waals surface area contributed by atoms with Crippen molar-refractivity contribution in [3.8, 4) is 53.7 Å².